The topological polar surface area (TPSA) is 61.4 Å². The second kappa shape index (κ2) is 9.01. The Labute approximate surface area is 149 Å². The molecule has 0 spiro atoms. The number of hydrogen-bond acceptors (Lipinski definition) is 5. The first-order valence-corrected chi connectivity index (χ1v) is 8.70. The molecule has 0 aliphatic heterocycles. The number of amides is 1. The van der Waals surface area contributed by atoms with Gasteiger partial charge in [-0.1, -0.05) is 13.8 Å². The smallest absolute Gasteiger partial charge is 0.256 e. The molecule has 0 saturated heterocycles. The Hall–Kier alpha value is -2.63. The van der Waals surface area contributed by atoms with Crippen LogP contribution in [0.15, 0.2) is 36.7 Å². The zero-order valence-electron chi connectivity index (χ0n) is 15.5. The van der Waals surface area contributed by atoms with Crippen molar-refractivity contribution in [3.63, 3.8) is 0 Å². The summed E-state index contributed by atoms with van der Waals surface area (Å²) < 4.78 is 0. The van der Waals surface area contributed by atoms with Crippen LogP contribution in [0.3, 0.4) is 0 Å². The Morgan fingerprint density at radius 3 is 2.04 bits per heavy atom. The molecule has 6 heteroatoms. The van der Waals surface area contributed by atoms with Crippen molar-refractivity contribution in [3.05, 3.63) is 42.2 Å². The van der Waals surface area contributed by atoms with Crippen molar-refractivity contribution in [1.29, 1.82) is 0 Å². The molecule has 0 atom stereocenters. The fourth-order valence-corrected chi connectivity index (χ4v) is 2.51. The lowest BCUT2D eigenvalue weighted by Crippen LogP contribution is -2.32. The van der Waals surface area contributed by atoms with Gasteiger partial charge in [-0.05, 0) is 37.1 Å². The number of benzene rings is 1. The highest BCUT2D eigenvalue weighted by atomic mass is 16.2. The molecule has 25 heavy (non-hydrogen) atoms. The van der Waals surface area contributed by atoms with Crippen molar-refractivity contribution in [1.82, 2.24) is 14.9 Å². The van der Waals surface area contributed by atoms with Crippen LogP contribution in [-0.2, 0) is 0 Å². The molecule has 1 aromatic carbocycles. The van der Waals surface area contributed by atoms with E-state index in [0.29, 0.717) is 11.5 Å². The van der Waals surface area contributed by atoms with E-state index in [4.69, 9.17) is 0 Å². The standard InChI is InChI=1S/C19H27N5O/c1-5-11-24(12-6-2)18(25)15-13-20-19(21-14-15)22-16-7-9-17(10-8-16)23(3)4/h7-10,13-14H,5-6,11-12H2,1-4H3,(H,20,21,22). The molecule has 2 rings (SSSR count). The van der Waals surface area contributed by atoms with Crippen molar-refractivity contribution in [2.24, 2.45) is 0 Å². The van der Waals surface area contributed by atoms with Gasteiger partial charge in [0.2, 0.25) is 5.95 Å². The van der Waals surface area contributed by atoms with Gasteiger partial charge in [-0.2, -0.15) is 0 Å². The lowest BCUT2D eigenvalue weighted by molar-refractivity contribution is 0.0754. The van der Waals surface area contributed by atoms with Crippen LogP contribution < -0.4 is 10.2 Å². The van der Waals surface area contributed by atoms with Crippen LogP contribution in [-0.4, -0.2) is 48.0 Å². The molecular formula is C19H27N5O. The van der Waals surface area contributed by atoms with Gasteiger partial charge in [-0.3, -0.25) is 4.79 Å². The van der Waals surface area contributed by atoms with Gasteiger partial charge in [0.15, 0.2) is 0 Å². The summed E-state index contributed by atoms with van der Waals surface area (Å²) in [7, 11) is 4.00. The van der Waals surface area contributed by atoms with E-state index in [0.717, 1.165) is 37.3 Å². The largest absolute Gasteiger partial charge is 0.378 e. The molecule has 6 nitrogen and oxygen atoms in total. The van der Waals surface area contributed by atoms with Crippen LogP contribution in [0.4, 0.5) is 17.3 Å². The summed E-state index contributed by atoms with van der Waals surface area (Å²) in [5.41, 5.74) is 2.55. The predicted octanol–water partition coefficient (Wildman–Crippen LogP) is 3.55. The highest BCUT2D eigenvalue weighted by Crippen LogP contribution is 2.18. The molecule has 1 N–H and O–H groups in total. The second-order valence-electron chi connectivity index (χ2n) is 6.15. The van der Waals surface area contributed by atoms with E-state index in [-0.39, 0.29) is 5.91 Å². The van der Waals surface area contributed by atoms with Gasteiger partial charge < -0.3 is 15.1 Å². The summed E-state index contributed by atoms with van der Waals surface area (Å²) in [6.45, 7) is 5.65. The zero-order valence-corrected chi connectivity index (χ0v) is 15.5. The Kier molecular flexibility index (Phi) is 6.74. The Balaban J connectivity index is 2.04. The van der Waals surface area contributed by atoms with Crippen molar-refractivity contribution in [3.8, 4) is 0 Å². The molecular weight excluding hydrogens is 314 g/mol. The van der Waals surface area contributed by atoms with Crippen LogP contribution >= 0.6 is 0 Å². The van der Waals surface area contributed by atoms with Crippen LogP contribution in [0.25, 0.3) is 0 Å². The number of nitrogens with one attached hydrogen (secondary N) is 1. The monoisotopic (exact) mass is 341 g/mol. The fraction of sp³-hybridized carbons (Fsp3) is 0.421. The normalized spacial score (nSPS) is 10.4. The summed E-state index contributed by atoms with van der Waals surface area (Å²) in [5.74, 6) is 0.470. The number of aromatic nitrogens is 2. The number of rotatable bonds is 8. The van der Waals surface area contributed by atoms with E-state index in [1.807, 2.05) is 48.2 Å². The maximum Gasteiger partial charge on any atom is 0.256 e. The van der Waals surface area contributed by atoms with Crippen molar-refractivity contribution in [2.45, 2.75) is 26.7 Å². The summed E-state index contributed by atoms with van der Waals surface area (Å²) in [6.07, 6.45) is 5.05. The van der Waals surface area contributed by atoms with Crippen molar-refractivity contribution in [2.75, 3.05) is 37.4 Å². The molecule has 0 aliphatic carbocycles. The van der Waals surface area contributed by atoms with Gasteiger partial charge in [0, 0.05) is 51.0 Å². The second-order valence-corrected chi connectivity index (χ2v) is 6.15. The van der Waals surface area contributed by atoms with Gasteiger partial charge >= 0.3 is 0 Å². The van der Waals surface area contributed by atoms with E-state index in [2.05, 4.69) is 29.1 Å². The number of carbonyl (C=O) groups excluding carboxylic acids is 1. The quantitative estimate of drug-likeness (QED) is 0.795. The molecule has 1 heterocycles. The van der Waals surface area contributed by atoms with Crippen LogP contribution in [0, 0.1) is 0 Å². The molecule has 0 unspecified atom stereocenters. The first-order chi connectivity index (χ1) is 12.0. The molecule has 0 bridgehead atoms. The van der Waals surface area contributed by atoms with Crippen molar-refractivity contribution < 1.29 is 4.79 Å². The molecule has 0 aliphatic rings. The number of hydrogen-bond donors (Lipinski definition) is 1. The third-order valence-corrected chi connectivity index (χ3v) is 3.81. The van der Waals surface area contributed by atoms with Crippen LogP contribution in [0.2, 0.25) is 0 Å². The highest BCUT2D eigenvalue weighted by molar-refractivity contribution is 5.93. The lowest BCUT2D eigenvalue weighted by atomic mass is 10.2. The van der Waals surface area contributed by atoms with E-state index in [1.54, 1.807) is 12.4 Å². The molecule has 134 valence electrons. The van der Waals surface area contributed by atoms with Crippen molar-refractivity contribution >= 4 is 23.2 Å². The molecule has 1 aromatic heterocycles. The Morgan fingerprint density at radius 1 is 1.00 bits per heavy atom. The van der Waals surface area contributed by atoms with Gasteiger partial charge in [0.1, 0.15) is 0 Å². The van der Waals surface area contributed by atoms with E-state index < -0.39 is 0 Å². The maximum absolute atomic E-state index is 12.5. The molecule has 0 saturated carbocycles. The molecule has 2 aromatic rings. The Morgan fingerprint density at radius 2 is 1.56 bits per heavy atom. The number of carbonyl (C=O) groups is 1. The summed E-state index contributed by atoms with van der Waals surface area (Å²) in [6, 6.07) is 7.99. The maximum atomic E-state index is 12.5. The summed E-state index contributed by atoms with van der Waals surface area (Å²) in [4.78, 5) is 25.0. The average molecular weight is 341 g/mol. The van der Waals surface area contributed by atoms with E-state index >= 15 is 0 Å². The third kappa shape index (κ3) is 5.17. The fourth-order valence-electron chi connectivity index (χ4n) is 2.51. The Bertz CT molecular complexity index is 661. The SMILES string of the molecule is CCCN(CCC)C(=O)c1cnc(Nc2ccc(N(C)C)cc2)nc1. The van der Waals surface area contributed by atoms with Crippen LogP contribution in [0.1, 0.15) is 37.0 Å². The first-order valence-electron chi connectivity index (χ1n) is 8.70. The van der Waals surface area contributed by atoms with Gasteiger partial charge in [-0.15, -0.1) is 0 Å². The number of nitrogens with zero attached hydrogens (tertiary/aromatic N) is 4. The first kappa shape index (κ1) is 18.7. The lowest BCUT2D eigenvalue weighted by Gasteiger charge is -2.21. The molecule has 0 fully saturated rings. The minimum Gasteiger partial charge on any atom is -0.378 e. The summed E-state index contributed by atoms with van der Waals surface area (Å²) in [5, 5.41) is 3.15. The zero-order chi connectivity index (χ0) is 18.2. The van der Waals surface area contributed by atoms with Crippen LogP contribution in [0.5, 0.6) is 0 Å². The minimum atomic E-state index is -0.00872. The third-order valence-electron chi connectivity index (χ3n) is 3.81. The van der Waals surface area contributed by atoms with Gasteiger partial charge in [-0.25, -0.2) is 9.97 Å². The molecule has 1 amide bonds. The average Bonchev–Trinajstić information content (AvgIpc) is 2.62. The van der Waals surface area contributed by atoms with E-state index in [9.17, 15) is 4.79 Å². The van der Waals surface area contributed by atoms with E-state index in [1.165, 1.54) is 0 Å². The minimum absolute atomic E-state index is 0.00872. The van der Waals surface area contributed by atoms with Gasteiger partial charge in [0.25, 0.3) is 5.91 Å². The number of anilines is 3. The highest BCUT2D eigenvalue weighted by Gasteiger charge is 2.15. The predicted molar refractivity (Wildman–Crippen MR) is 103 cm³/mol. The molecule has 0 radical (unpaired) electrons. The summed E-state index contributed by atoms with van der Waals surface area (Å²) >= 11 is 0. The van der Waals surface area contributed by atoms with Gasteiger partial charge in [0.05, 0.1) is 5.56 Å².